The van der Waals surface area contributed by atoms with Crippen molar-refractivity contribution >= 4 is 12.0 Å². The van der Waals surface area contributed by atoms with E-state index in [1.807, 2.05) is 0 Å². The molecule has 116 valence electrons. The third-order valence-electron chi connectivity index (χ3n) is 4.61. The number of amides is 2. The van der Waals surface area contributed by atoms with Crippen molar-refractivity contribution in [2.45, 2.75) is 65.0 Å². The minimum Gasteiger partial charge on any atom is -0.480 e. The molecule has 1 rings (SSSR count). The van der Waals surface area contributed by atoms with Crippen LogP contribution in [0.1, 0.15) is 52.9 Å². The number of aliphatic carboxylic acids is 1. The Bertz CT molecular complexity index is 342. The van der Waals surface area contributed by atoms with E-state index >= 15 is 0 Å². The molecule has 1 aliphatic rings. The van der Waals surface area contributed by atoms with Crippen LogP contribution in [0.4, 0.5) is 4.79 Å². The second-order valence-corrected chi connectivity index (χ2v) is 5.71. The number of likely N-dealkylation sites (tertiary alicyclic amines) is 1. The predicted octanol–water partition coefficient (Wildman–Crippen LogP) is 2.80. The molecule has 2 atom stereocenters. The lowest BCUT2D eigenvalue weighted by molar-refractivity contribution is -0.144. The highest BCUT2D eigenvalue weighted by molar-refractivity contribution is 5.83. The number of nitrogens with zero attached hydrogens (tertiary/aromatic N) is 2. The van der Waals surface area contributed by atoms with Crippen LogP contribution >= 0.6 is 0 Å². The first-order chi connectivity index (χ1) is 9.46. The van der Waals surface area contributed by atoms with Crippen LogP contribution in [0.5, 0.6) is 0 Å². The summed E-state index contributed by atoms with van der Waals surface area (Å²) in [5.74, 6) is -0.465. The van der Waals surface area contributed by atoms with Crippen molar-refractivity contribution in [3.63, 3.8) is 0 Å². The van der Waals surface area contributed by atoms with Gasteiger partial charge in [-0.25, -0.2) is 9.59 Å². The summed E-state index contributed by atoms with van der Waals surface area (Å²) in [5.41, 5.74) is 0. The minimum absolute atomic E-state index is 0.138. The Morgan fingerprint density at radius 2 is 1.90 bits per heavy atom. The van der Waals surface area contributed by atoms with Crippen molar-refractivity contribution in [1.82, 2.24) is 9.80 Å². The summed E-state index contributed by atoms with van der Waals surface area (Å²) in [4.78, 5) is 27.3. The first kappa shape index (κ1) is 16.8. The molecule has 1 N–H and O–H groups in total. The van der Waals surface area contributed by atoms with Gasteiger partial charge in [0.05, 0.1) is 0 Å². The summed E-state index contributed by atoms with van der Waals surface area (Å²) < 4.78 is 0. The van der Waals surface area contributed by atoms with Crippen molar-refractivity contribution in [1.29, 1.82) is 0 Å². The third kappa shape index (κ3) is 3.64. The molecule has 1 fully saturated rings. The number of carboxylic acids is 1. The monoisotopic (exact) mass is 284 g/mol. The maximum atomic E-state index is 12.6. The first-order valence-electron chi connectivity index (χ1n) is 7.72. The molecule has 5 heteroatoms. The summed E-state index contributed by atoms with van der Waals surface area (Å²) in [5, 5.41) is 9.39. The molecule has 0 spiro atoms. The summed E-state index contributed by atoms with van der Waals surface area (Å²) in [6.45, 7) is 6.74. The van der Waals surface area contributed by atoms with Crippen molar-refractivity contribution in [2.24, 2.45) is 5.92 Å². The second kappa shape index (κ2) is 7.50. The number of urea groups is 1. The molecule has 0 bridgehead atoms. The molecule has 0 aliphatic carbocycles. The van der Waals surface area contributed by atoms with Gasteiger partial charge in [0, 0.05) is 19.6 Å². The number of hydrogen-bond acceptors (Lipinski definition) is 2. The lowest BCUT2D eigenvalue weighted by Gasteiger charge is -2.40. The number of piperidine rings is 1. The third-order valence-corrected chi connectivity index (χ3v) is 4.61. The molecule has 0 aromatic rings. The van der Waals surface area contributed by atoms with Gasteiger partial charge in [-0.05, 0) is 31.6 Å². The minimum atomic E-state index is -0.880. The standard InChI is InChI=1S/C15H28N2O3/c1-5-11-8-9-17(13(10-11)14(18)19)15(20)16(4)12(6-2)7-3/h11-13H,5-10H2,1-4H3,(H,18,19). The number of carbonyl (C=O) groups is 2. The van der Waals surface area contributed by atoms with Gasteiger partial charge in [-0.15, -0.1) is 0 Å². The van der Waals surface area contributed by atoms with Crippen molar-refractivity contribution in [3.8, 4) is 0 Å². The van der Waals surface area contributed by atoms with Crippen LogP contribution in [0.25, 0.3) is 0 Å². The number of hydrogen-bond donors (Lipinski definition) is 1. The summed E-state index contributed by atoms with van der Waals surface area (Å²) in [6.07, 6.45) is 4.25. The van der Waals surface area contributed by atoms with Gasteiger partial charge < -0.3 is 14.9 Å². The summed E-state index contributed by atoms with van der Waals surface area (Å²) in [7, 11) is 1.78. The Kier molecular flexibility index (Phi) is 6.30. The average Bonchev–Trinajstić information content (AvgIpc) is 2.46. The summed E-state index contributed by atoms with van der Waals surface area (Å²) >= 11 is 0. The molecule has 0 aromatic heterocycles. The van der Waals surface area contributed by atoms with Gasteiger partial charge in [0.25, 0.3) is 0 Å². The zero-order chi connectivity index (χ0) is 15.3. The lowest BCUT2D eigenvalue weighted by atomic mass is 9.89. The van der Waals surface area contributed by atoms with E-state index in [2.05, 4.69) is 20.8 Å². The fourth-order valence-corrected chi connectivity index (χ4v) is 3.07. The SMILES string of the molecule is CCC1CCN(C(=O)N(C)C(CC)CC)C(C(=O)O)C1. The Balaban J connectivity index is 2.81. The van der Waals surface area contributed by atoms with Gasteiger partial charge in [-0.3, -0.25) is 0 Å². The smallest absolute Gasteiger partial charge is 0.326 e. The van der Waals surface area contributed by atoms with Crippen LogP contribution in [0.2, 0.25) is 0 Å². The van der Waals surface area contributed by atoms with E-state index in [9.17, 15) is 14.7 Å². The quantitative estimate of drug-likeness (QED) is 0.844. The van der Waals surface area contributed by atoms with Crippen molar-refractivity contribution < 1.29 is 14.7 Å². The van der Waals surface area contributed by atoms with E-state index in [1.165, 1.54) is 0 Å². The number of carbonyl (C=O) groups excluding carboxylic acids is 1. The lowest BCUT2D eigenvalue weighted by Crippen LogP contribution is -2.55. The fourth-order valence-electron chi connectivity index (χ4n) is 3.07. The topological polar surface area (TPSA) is 60.9 Å². The van der Waals surface area contributed by atoms with E-state index in [4.69, 9.17) is 0 Å². The van der Waals surface area contributed by atoms with Crippen molar-refractivity contribution in [2.75, 3.05) is 13.6 Å². The van der Waals surface area contributed by atoms with Crippen LogP contribution in [0.15, 0.2) is 0 Å². The molecule has 5 nitrogen and oxygen atoms in total. The van der Waals surface area contributed by atoms with Gasteiger partial charge in [0.15, 0.2) is 0 Å². The van der Waals surface area contributed by atoms with Crippen LogP contribution in [0.3, 0.4) is 0 Å². The molecule has 2 unspecified atom stereocenters. The maximum Gasteiger partial charge on any atom is 0.326 e. The fraction of sp³-hybridized carbons (Fsp3) is 0.867. The van der Waals surface area contributed by atoms with E-state index in [1.54, 1.807) is 16.8 Å². The zero-order valence-electron chi connectivity index (χ0n) is 13.1. The highest BCUT2D eigenvalue weighted by Crippen LogP contribution is 2.27. The molecule has 1 saturated heterocycles. The van der Waals surface area contributed by atoms with Crippen molar-refractivity contribution in [3.05, 3.63) is 0 Å². The van der Waals surface area contributed by atoms with Gasteiger partial charge in [0.2, 0.25) is 0 Å². The molecular formula is C15H28N2O3. The van der Waals surface area contributed by atoms with Gasteiger partial charge in [0.1, 0.15) is 6.04 Å². The van der Waals surface area contributed by atoms with Crippen LogP contribution in [-0.4, -0.2) is 52.6 Å². The molecule has 20 heavy (non-hydrogen) atoms. The summed E-state index contributed by atoms with van der Waals surface area (Å²) in [6, 6.07) is -0.625. The van der Waals surface area contributed by atoms with E-state index in [0.29, 0.717) is 18.9 Å². The number of rotatable bonds is 5. The molecule has 1 heterocycles. The Labute approximate surface area is 121 Å². The van der Waals surface area contributed by atoms with Gasteiger partial charge >= 0.3 is 12.0 Å². The maximum absolute atomic E-state index is 12.6. The number of carboxylic acid groups (broad SMARTS) is 1. The normalized spacial score (nSPS) is 22.9. The van der Waals surface area contributed by atoms with Crippen LogP contribution < -0.4 is 0 Å². The molecule has 1 aliphatic heterocycles. The molecule has 0 radical (unpaired) electrons. The Morgan fingerprint density at radius 1 is 1.30 bits per heavy atom. The van der Waals surface area contributed by atoms with Gasteiger partial charge in [-0.1, -0.05) is 27.2 Å². The Hall–Kier alpha value is -1.26. The highest BCUT2D eigenvalue weighted by Gasteiger charge is 2.37. The zero-order valence-corrected chi connectivity index (χ0v) is 13.1. The van der Waals surface area contributed by atoms with Crippen LogP contribution in [0, 0.1) is 5.92 Å². The Morgan fingerprint density at radius 3 is 2.35 bits per heavy atom. The molecule has 2 amide bonds. The second-order valence-electron chi connectivity index (χ2n) is 5.71. The molecule has 0 saturated carbocycles. The largest absolute Gasteiger partial charge is 0.480 e. The van der Waals surface area contributed by atoms with Crippen LogP contribution in [-0.2, 0) is 4.79 Å². The average molecular weight is 284 g/mol. The highest BCUT2D eigenvalue weighted by atomic mass is 16.4. The molecular weight excluding hydrogens is 256 g/mol. The molecule has 0 aromatic carbocycles. The predicted molar refractivity (Wildman–Crippen MR) is 78.7 cm³/mol. The van der Waals surface area contributed by atoms with E-state index in [0.717, 1.165) is 25.7 Å². The first-order valence-corrected chi connectivity index (χ1v) is 7.72. The van der Waals surface area contributed by atoms with E-state index < -0.39 is 12.0 Å². The van der Waals surface area contributed by atoms with E-state index in [-0.39, 0.29) is 12.1 Å². The van der Waals surface area contributed by atoms with Gasteiger partial charge in [-0.2, -0.15) is 0 Å².